The Balaban J connectivity index is 1.97. The highest BCUT2D eigenvalue weighted by atomic mass is 16.6. The van der Waals surface area contributed by atoms with Crippen molar-refractivity contribution in [3.05, 3.63) is 68.3 Å². The minimum Gasteiger partial charge on any atom is -0.321 e. The molecule has 0 fully saturated rings. The number of nitro groups is 1. The zero-order chi connectivity index (χ0) is 25.3. The van der Waals surface area contributed by atoms with Crippen molar-refractivity contribution in [1.29, 1.82) is 0 Å². The smallest absolute Gasteiger partial charge is 0.269 e. The Morgan fingerprint density at radius 1 is 0.765 bits per heavy atom. The van der Waals surface area contributed by atoms with Crippen LogP contribution < -0.4 is 5.32 Å². The molecule has 1 amide bonds. The Morgan fingerprint density at radius 2 is 1.18 bits per heavy atom. The number of nitro benzene ring substituents is 1. The van der Waals surface area contributed by atoms with Gasteiger partial charge in [0.2, 0.25) is 0 Å². The van der Waals surface area contributed by atoms with E-state index < -0.39 is 4.92 Å². The summed E-state index contributed by atoms with van der Waals surface area (Å²) < 4.78 is 0. The fraction of sp³-hybridized carbons (Fsp3) is 0.552. The fourth-order valence-corrected chi connectivity index (χ4v) is 5.97. The topological polar surface area (TPSA) is 72.2 Å². The fourth-order valence-electron chi connectivity index (χ4n) is 5.97. The van der Waals surface area contributed by atoms with Crippen LogP contribution in [0.15, 0.2) is 30.3 Å². The Morgan fingerprint density at radius 3 is 1.59 bits per heavy atom. The van der Waals surface area contributed by atoms with Crippen molar-refractivity contribution in [3.8, 4) is 0 Å². The first-order valence-electron chi connectivity index (χ1n) is 12.4. The maximum absolute atomic E-state index is 13.5. The number of non-ortho nitro benzene ring substituents is 1. The van der Waals surface area contributed by atoms with Crippen molar-refractivity contribution in [2.24, 2.45) is 0 Å². The molecule has 0 saturated carbocycles. The summed E-state index contributed by atoms with van der Waals surface area (Å²) in [6.07, 6.45) is 4.31. The molecule has 5 nitrogen and oxygen atoms in total. The number of nitrogens with zero attached hydrogens (tertiary/aromatic N) is 1. The average Bonchev–Trinajstić information content (AvgIpc) is 2.74. The van der Waals surface area contributed by atoms with Crippen LogP contribution in [0.1, 0.15) is 114 Å². The Kier molecular flexibility index (Phi) is 5.50. The predicted molar refractivity (Wildman–Crippen MR) is 138 cm³/mol. The van der Waals surface area contributed by atoms with E-state index in [-0.39, 0.29) is 33.3 Å². The summed E-state index contributed by atoms with van der Waals surface area (Å²) in [6, 6.07) is 8.32. The minimum atomic E-state index is -0.444. The van der Waals surface area contributed by atoms with E-state index in [1.807, 2.05) is 0 Å². The summed E-state index contributed by atoms with van der Waals surface area (Å²) in [5, 5.41) is 14.4. The molecule has 1 N–H and O–H groups in total. The number of hydrogen-bond acceptors (Lipinski definition) is 3. The first-order valence-corrected chi connectivity index (χ1v) is 12.4. The third-order valence-corrected chi connectivity index (χ3v) is 8.47. The van der Waals surface area contributed by atoms with Crippen LogP contribution in [-0.4, -0.2) is 10.8 Å². The van der Waals surface area contributed by atoms with Crippen LogP contribution in [0.3, 0.4) is 0 Å². The zero-order valence-corrected chi connectivity index (χ0v) is 21.9. The van der Waals surface area contributed by atoms with Crippen molar-refractivity contribution in [3.63, 3.8) is 0 Å². The van der Waals surface area contributed by atoms with E-state index in [0.717, 1.165) is 31.4 Å². The molecule has 4 rings (SSSR count). The first-order chi connectivity index (χ1) is 15.6. The number of carbonyl (C=O) groups is 1. The second-order valence-electron chi connectivity index (χ2n) is 12.9. The normalized spacial score (nSPS) is 21.2. The van der Waals surface area contributed by atoms with Gasteiger partial charge in [-0.3, -0.25) is 14.9 Å². The van der Waals surface area contributed by atoms with E-state index in [2.05, 4.69) is 66.8 Å². The number of amides is 1. The van der Waals surface area contributed by atoms with Gasteiger partial charge in [0.15, 0.2) is 0 Å². The molecule has 0 unspecified atom stereocenters. The monoisotopic (exact) mass is 462 g/mol. The van der Waals surface area contributed by atoms with Gasteiger partial charge in [0.1, 0.15) is 0 Å². The third kappa shape index (κ3) is 3.93. The lowest BCUT2D eigenvalue weighted by Crippen LogP contribution is -2.41. The van der Waals surface area contributed by atoms with Gasteiger partial charge in [-0.2, -0.15) is 0 Å². The number of benzene rings is 2. The lowest BCUT2D eigenvalue weighted by Gasteiger charge is -2.49. The second-order valence-corrected chi connectivity index (χ2v) is 12.9. The standard InChI is InChI=1S/C29H38N2O3/c1-26(2)13-15-28(5,6)22-20(26)17-21-23(29(7,8)16-14-27(21,3)4)24(22)30-25(32)18-9-11-19(12-10-18)31(33)34/h9-12,17H,13-16H2,1-8H3,(H,30,32). The van der Waals surface area contributed by atoms with Crippen LogP contribution in [0.4, 0.5) is 11.4 Å². The summed E-state index contributed by atoms with van der Waals surface area (Å²) in [5.41, 5.74) is 6.45. The van der Waals surface area contributed by atoms with Gasteiger partial charge in [0.05, 0.1) is 4.92 Å². The van der Waals surface area contributed by atoms with Crippen LogP contribution in [0.25, 0.3) is 0 Å². The van der Waals surface area contributed by atoms with Gasteiger partial charge < -0.3 is 5.32 Å². The maximum Gasteiger partial charge on any atom is 0.269 e. The first kappa shape index (κ1) is 24.4. The van der Waals surface area contributed by atoms with Gasteiger partial charge in [-0.1, -0.05) is 61.5 Å². The van der Waals surface area contributed by atoms with E-state index in [4.69, 9.17) is 0 Å². The minimum absolute atomic E-state index is 0.0169. The molecule has 0 atom stereocenters. The van der Waals surface area contributed by atoms with Crippen LogP contribution in [0, 0.1) is 10.1 Å². The average molecular weight is 463 g/mol. The molecule has 0 aromatic heterocycles. The lowest BCUT2D eigenvalue weighted by molar-refractivity contribution is -0.384. The second kappa shape index (κ2) is 7.66. The van der Waals surface area contributed by atoms with Crippen LogP contribution >= 0.6 is 0 Å². The molecule has 5 heteroatoms. The van der Waals surface area contributed by atoms with Gasteiger partial charge in [0.25, 0.3) is 11.6 Å². The SMILES string of the molecule is CC1(C)CCC(C)(C)c2c1cc1c(c2NC(=O)c2ccc([N+](=O)[O-])cc2)C(C)(C)CCC1(C)C. The molecule has 0 radical (unpaired) electrons. The molecule has 0 heterocycles. The number of fused-ring (bicyclic) bond motifs is 2. The van der Waals surface area contributed by atoms with E-state index in [1.165, 1.54) is 34.4 Å². The van der Waals surface area contributed by atoms with E-state index in [9.17, 15) is 14.9 Å². The van der Waals surface area contributed by atoms with Gasteiger partial charge in [-0.25, -0.2) is 0 Å². The molecule has 0 bridgehead atoms. The summed E-state index contributed by atoms with van der Waals surface area (Å²) in [6.45, 7) is 18.4. The van der Waals surface area contributed by atoms with Gasteiger partial charge in [0, 0.05) is 23.4 Å². The highest BCUT2D eigenvalue weighted by molar-refractivity contribution is 6.06. The largest absolute Gasteiger partial charge is 0.321 e. The van der Waals surface area contributed by atoms with Gasteiger partial charge in [-0.05, 0) is 81.7 Å². The highest BCUT2D eigenvalue weighted by Gasteiger charge is 2.46. The van der Waals surface area contributed by atoms with E-state index in [0.29, 0.717) is 5.56 Å². The highest BCUT2D eigenvalue weighted by Crippen LogP contribution is 2.56. The van der Waals surface area contributed by atoms with Crippen molar-refractivity contribution >= 4 is 17.3 Å². The lowest BCUT2D eigenvalue weighted by atomic mass is 9.56. The molecule has 2 aliphatic carbocycles. The quantitative estimate of drug-likeness (QED) is 0.378. The van der Waals surface area contributed by atoms with Crippen LogP contribution in [0.5, 0.6) is 0 Å². The molecular formula is C29H38N2O3. The number of carbonyl (C=O) groups excluding carboxylic acids is 1. The van der Waals surface area contributed by atoms with Crippen molar-refractivity contribution in [2.75, 3.05) is 5.32 Å². The number of hydrogen-bond donors (Lipinski definition) is 1. The molecule has 2 aromatic rings. The van der Waals surface area contributed by atoms with Crippen molar-refractivity contribution in [1.82, 2.24) is 0 Å². The molecule has 34 heavy (non-hydrogen) atoms. The molecule has 0 spiro atoms. The predicted octanol–water partition coefficient (Wildman–Crippen LogP) is 7.55. The van der Waals surface area contributed by atoms with Crippen LogP contribution in [-0.2, 0) is 21.7 Å². The van der Waals surface area contributed by atoms with Crippen molar-refractivity contribution in [2.45, 2.75) is 103 Å². The summed E-state index contributed by atoms with van der Waals surface area (Å²) in [5.74, 6) is -0.219. The van der Waals surface area contributed by atoms with Crippen molar-refractivity contribution < 1.29 is 9.72 Å². The number of rotatable bonds is 3. The zero-order valence-electron chi connectivity index (χ0n) is 21.9. The number of nitrogens with one attached hydrogen (secondary N) is 1. The molecular weight excluding hydrogens is 424 g/mol. The Bertz CT molecular complexity index is 1120. The number of anilines is 1. The molecule has 0 aliphatic heterocycles. The maximum atomic E-state index is 13.5. The summed E-state index contributed by atoms with van der Waals surface area (Å²) in [4.78, 5) is 24.2. The Labute approximate surface area is 203 Å². The molecule has 182 valence electrons. The summed E-state index contributed by atoms with van der Waals surface area (Å²) >= 11 is 0. The molecule has 0 saturated heterocycles. The van der Waals surface area contributed by atoms with Gasteiger partial charge in [-0.15, -0.1) is 0 Å². The Hall–Kier alpha value is -2.69. The van der Waals surface area contributed by atoms with E-state index >= 15 is 0 Å². The third-order valence-electron chi connectivity index (χ3n) is 8.47. The van der Waals surface area contributed by atoms with E-state index in [1.54, 1.807) is 12.1 Å². The summed E-state index contributed by atoms with van der Waals surface area (Å²) in [7, 11) is 0. The molecule has 2 aromatic carbocycles. The van der Waals surface area contributed by atoms with Gasteiger partial charge >= 0.3 is 0 Å². The van der Waals surface area contributed by atoms with Crippen LogP contribution in [0.2, 0.25) is 0 Å². The molecule has 2 aliphatic rings.